The molecule has 132 valence electrons. The minimum atomic E-state index is -3.06. The average molecular weight is 371 g/mol. The van der Waals surface area contributed by atoms with E-state index < -0.39 is 33.9 Å². The van der Waals surface area contributed by atoms with Gasteiger partial charge in [0.25, 0.3) is 5.91 Å². The van der Waals surface area contributed by atoms with Crippen LogP contribution in [0.5, 0.6) is 0 Å². The molecule has 2 heterocycles. The van der Waals surface area contributed by atoms with Crippen LogP contribution in [0.3, 0.4) is 0 Å². The van der Waals surface area contributed by atoms with Gasteiger partial charge in [-0.15, -0.1) is 11.3 Å². The van der Waals surface area contributed by atoms with Gasteiger partial charge in [-0.05, 0) is 44.6 Å². The smallest absolute Gasteiger partial charge is 0.340 e. The summed E-state index contributed by atoms with van der Waals surface area (Å²) in [6, 6.07) is -0.391. The van der Waals surface area contributed by atoms with Crippen LogP contribution in [-0.2, 0) is 32.2 Å². The first-order chi connectivity index (χ1) is 11.4. The van der Waals surface area contributed by atoms with Crippen molar-refractivity contribution in [3.05, 3.63) is 21.4 Å². The minimum Gasteiger partial charge on any atom is -0.449 e. The topological polar surface area (TPSA) is 89.5 Å². The first kappa shape index (κ1) is 17.4. The molecule has 0 saturated carbocycles. The predicted octanol–water partition coefficient (Wildman–Crippen LogP) is 1.48. The lowest BCUT2D eigenvalue weighted by Crippen LogP contribution is -2.42. The summed E-state index contributed by atoms with van der Waals surface area (Å²) in [5.74, 6) is -0.879. The van der Waals surface area contributed by atoms with Gasteiger partial charge in [-0.3, -0.25) is 4.79 Å². The summed E-state index contributed by atoms with van der Waals surface area (Å²) in [5.41, 5.74) is 1.63. The minimum absolute atomic E-state index is 0.0442. The number of nitrogens with one attached hydrogen (secondary N) is 1. The second kappa shape index (κ2) is 6.84. The van der Waals surface area contributed by atoms with Gasteiger partial charge in [-0.25, -0.2) is 13.2 Å². The number of sulfone groups is 1. The zero-order valence-electron chi connectivity index (χ0n) is 13.5. The van der Waals surface area contributed by atoms with Crippen molar-refractivity contribution >= 4 is 33.1 Å². The van der Waals surface area contributed by atoms with Crippen LogP contribution in [0.25, 0.3) is 0 Å². The van der Waals surface area contributed by atoms with E-state index in [-0.39, 0.29) is 11.5 Å². The lowest BCUT2D eigenvalue weighted by atomic mass is 9.96. The fourth-order valence-corrected chi connectivity index (χ4v) is 5.96. The third-order valence-electron chi connectivity index (χ3n) is 4.51. The van der Waals surface area contributed by atoms with Crippen LogP contribution >= 0.6 is 11.3 Å². The highest BCUT2D eigenvalue weighted by atomic mass is 32.2. The van der Waals surface area contributed by atoms with Gasteiger partial charge in [0.05, 0.1) is 17.1 Å². The van der Waals surface area contributed by atoms with E-state index in [9.17, 15) is 18.0 Å². The van der Waals surface area contributed by atoms with Crippen molar-refractivity contribution in [3.63, 3.8) is 0 Å². The first-order valence-corrected chi connectivity index (χ1v) is 10.9. The van der Waals surface area contributed by atoms with E-state index in [2.05, 4.69) is 5.32 Å². The van der Waals surface area contributed by atoms with Crippen LogP contribution in [0.2, 0.25) is 0 Å². The molecular weight excluding hydrogens is 350 g/mol. The number of hydrogen-bond acceptors (Lipinski definition) is 6. The third kappa shape index (κ3) is 3.80. The second-order valence-electron chi connectivity index (χ2n) is 6.41. The molecule has 1 aromatic heterocycles. The summed E-state index contributed by atoms with van der Waals surface area (Å²) in [5, 5.41) is 4.47. The van der Waals surface area contributed by atoms with Crippen molar-refractivity contribution in [2.45, 2.75) is 51.2 Å². The van der Waals surface area contributed by atoms with E-state index in [0.717, 1.165) is 31.2 Å². The van der Waals surface area contributed by atoms with Gasteiger partial charge in [-0.1, -0.05) is 0 Å². The maximum atomic E-state index is 12.3. The Morgan fingerprint density at radius 2 is 2.08 bits per heavy atom. The Morgan fingerprint density at radius 1 is 1.33 bits per heavy atom. The summed E-state index contributed by atoms with van der Waals surface area (Å²) < 4.78 is 28.1. The number of rotatable bonds is 4. The molecule has 2 aliphatic rings. The molecule has 1 N–H and O–H groups in total. The summed E-state index contributed by atoms with van der Waals surface area (Å²) in [6.07, 6.45) is 3.55. The molecule has 3 rings (SSSR count). The Labute approximate surface area is 145 Å². The van der Waals surface area contributed by atoms with Crippen molar-refractivity contribution in [3.8, 4) is 0 Å². The van der Waals surface area contributed by atoms with Crippen LogP contribution < -0.4 is 5.32 Å². The lowest BCUT2D eigenvalue weighted by Gasteiger charge is -2.17. The Kier molecular flexibility index (Phi) is 4.96. The maximum absolute atomic E-state index is 12.3. The summed E-state index contributed by atoms with van der Waals surface area (Å²) >= 11 is 1.57. The zero-order chi connectivity index (χ0) is 17.3. The van der Waals surface area contributed by atoms with E-state index in [1.165, 1.54) is 11.8 Å². The lowest BCUT2D eigenvalue weighted by molar-refractivity contribution is -0.129. The largest absolute Gasteiger partial charge is 0.449 e. The first-order valence-electron chi connectivity index (χ1n) is 8.17. The second-order valence-corrected chi connectivity index (χ2v) is 9.61. The average Bonchev–Trinajstić information content (AvgIpc) is 3.10. The molecule has 1 aliphatic carbocycles. The van der Waals surface area contributed by atoms with Crippen LogP contribution in [0.15, 0.2) is 5.38 Å². The number of esters is 1. The number of fused-ring (bicyclic) bond motifs is 1. The van der Waals surface area contributed by atoms with Crippen LogP contribution in [0.4, 0.5) is 0 Å². The van der Waals surface area contributed by atoms with Gasteiger partial charge in [0.2, 0.25) is 0 Å². The highest BCUT2D eigenvalue weighted by Gasteiger charge is 2.31. The van der Waals surface area contributed by atoms with Crippen molar-refractivity contribution in [2.24, 2.45) is 0 Å². The molecule has 0 spiro atoms. The highest BCUT2D eigenvalue weighted by molar-refractivity contribution is 7.91. The molecule has 1 saturated heterocycles. The van der Waals surface area contributed by atoms with Gasteiger partial charge in [-0.2, -0.15) is 0 Å². The van der Waals surface area contributed by atoms with Crippen molar-refractivity contribution < 1.29 is 22.7 Å². The quantitative estimate of drug-likeness (QED) is 0.810. The summed E-state index contributed by atoms with van der Waals surface area (Å²) in [4.78, 5) is 25.7. The third-order valence-corrected chi connectivity index (χ3v) is 7.37. The standard InChI is InChI=1S/C16H21NO5S2/c1-10(15(18)17-11-6-7-24(20,21)9-11)22-16(19)13-8-23-14-5-3-2-4-12(13)14/h8,10-11H,2-7,9H2,1H3,(H,17,18)/t10-,11-/m1/s1. The number of carbonyl (C=O) groups is 2. The molecule has 1 aliphatic heterocycles. The van der Waals surface area contributed by atoms with E-state index in [1.54, 1.807) is 11.3 Å². The van der Waals surface area contributed by atoms with Crippen molar-refractivity contribution in [1.29, 1.82) is 0 Å². The number of carbonyl (C=O) groups excluding carboxylic acids is 2. The Hall–Kier alpha value is -1.41. The fraction of sp³-hybridized carbons (Fsp3) is 0.625. The fourth-order valence-electron chi connectivity index (χ4n) is 3.17. The molecule has 8 heteroatoms. The van der Waals surface area contributed by atoms with Gasteiger partial charge >= 0.3 is 5.97 Å². The van der Waals surface area contributed by atoms with Crippen molar-refractivity contribution in [1.82, 2.24) is 5.32 Å². The molecular formula is C16H21NO5S2. The molecule has 0 bridgehead atoms. The Balaban J connectivity index is 1.58. The van der Waals surface area contributed by atoms with Gasteiger partial charge in [0.15, 0.2) is 15.9 Å². The normalized spacial score (nSPS) is 23.3. The van der Waals surface area contributed by atoms with Gasteiger partial charge < -0.3 is 10.1 Å². The van der Waals surface area contributed by atoms with E-state index in [0.29, 0.717) is 12.0 Å². The molecule has 2 atom stereocenters. The molecule has 6 nitrogen and oxygen atoms in total. The van der Waals surface area contributed by atoms with E-state index in [4.69, 9.17) is 4.74 Å². The molecule has 1 aromatic rings. The van der Waals surface area contributed by atoms with Crippen molar-refractivity contribution in [2.75, 3.05) is 11.5 Å². The van der Waals surface area contributed by atoms with E-state index in [1.807, 2.05) is 5.38 Å². The number of aryl methyl sites for hydroxylation is 1. The van der Waals surface area contributed by atoms with Crippen LogP contribution in [0, 0.1) is 0 Å². The van der Waals surface area contributed by atoms with E-state index >= 15 is 0 Å². The highest BCUT2D eigenvalue weighted by Crippen LogP contribution is 2.30. The van der Waals surface area contributed by atoms with Crippen LogP contribution in [0.1, 0.15) is 47.0 Å². The monoisotopic (exact) mass is 371 g/mol. The molecule has 1 amide bonds. The Morgan fingerprint density at radius 3 is 2.79 bits per heavy atom. The molecule has 0 aromatic carbocycles. The number of amides is 1. The Bertz CT molecular complexity index is 753. The number of ether oxygens (including phenoxy) is 1. The number of hydrogen-bond donors (Lipinski definition) is 1. The van der Waals surface area contributed by atoms with Gasteiger partial charge in [0, 0.05) is 16.3 Å². The zero-order valence-corrected chi connectivity index (χ0v) is 15.2. The SMILES string of the molecule is C[C@@H](OC(=O)c1csc2c1CCCC2)C(=O)N[C@@H]1CCS(=O)(=O)C1. The molecule has 0 unspecified atom stereocenters. The van der Waals surface area contributed by atoms with Gasteiger partial charge in [0.1, 0.15) is 0 Å². The molecule has 0 radical (unpaired) electrons. The number of thiophene rings is 1. The predicted molar refractivity (Wildman–Crippen MR) is 91.0 cm³/mol. The maximum Gasteiger partial charge on any atom is 0.340 e. The molecule has 24 heavy (non-hydrogen) atoms. The summed E-state index contributed by atoms with van der Waals surface area (Å²) in [7, 11) is -3.06. The van der Waals surface area contributed by atoms with Crippen LogP contribution in [-0.4, -0.2) is 43.9 Å². The summed E-state index contributed by atoms with van der Waals surface area (Å²) in [6.45, 7) is 1.51. The molecule has 1 fully saturated rings.